The van der Waals surface area contributed by atoms with Crippen LogP contribution in [0.4, 0.5) is 17.5 Å². The second-order valence-electron chi connectivity index (χ2n) is 6.98. The van der Waals surface area contributed by atoms with Crippen LogP contribution in [-0.2, 0) is 6.54 Å². The molecule has 0 radical (unpaired) electrons. The molecule has 0 bridgehead atoms. The molecule has 0 aliphatic carbocycles. The number of piperazine rings is 1. The summed E-state index contributed by atoms with van der Waals surface area (Å²) in [6, 6.07) is 16.0. The van der Waals surface area contributed by atoms with Gasteiger partial charge in [-0.2, -0.15) is 0 Å². The van der Waals surface area contributed by atoms with Gasteiger partial charge in [-0.05, 0) is 24.3 Å². The van der Waals surface area contributed by atoms with Crippen LogP contribution in [0.25, 0.3) is 11.0 Å². The maximum Gasteiger partial charge on any atom is 0.134 e. The number of aromatic nitrogens is 5. The zero-order chi connectivity index (χ0) is 19.5. The minimum atomic E-state index is 0.582. The smallest absolute Gasteiger partial charge is 0.134 e. The molecule has 1 aliphatic rings. The largest absolute Gasteiger partial charge is 0.363 e. The minimum absolute atomic E-state index is 0.582. The Balaban J connectivity index is 1.22. The lowest BCUT2D eigenvalue weighted by atomic mass is 10.3. The summed E-state index contributed by atoms with van der Waals surface area (Å²) in [7, 11) is 0. The molecule has 2 N–H and O–H groups in total. The molecule has 0 unspecified atom stereocenters. The Labute approximate surface area is 168 Å². The molecular weight excluding hydrogens is 364 g/mol. The number of nitrogens with one attached hydrogen (secondary N) is 2. The number of imidazole rings is 1. The molecule has 0 amide bonds. The quantitative estimate of drug-likeness (QED) is 0.545. The standard InChI is InChI=1S/C21H22N8/c1-2-6-17-16(5-1)26-19(27-17)14-23-18-13-21(25-15-24-18)29-11-9-28(10-12-29)20-7-3-4-8-22-20/h1-8,13,15H,9-12,14H2,(H,26,27)(H,23,24,25). The molecule has 1 aromatic carbocycles. The molecule has 1 aliphatic heterocycles. The summed E-state index contributed by atoms with van der Waals surface area (Å²) >= 11 is 0. The number of benzene rings is 1. The van der Waals surface area contributed by atoms with Crippen LogP contribution in [0.15, 0.2) is 61.1 Å². The first-order chi connectivity index (χ1) is 14.3. The van der Waals surface area contributed by atoms with Gasteiger partial charge in [0.2, 0.25) is 0 Å². The van der Waals surface area contributed by atoms with Gasteiger partial charge in [-0.1, -0.05) is 18.2 Å². The molecule has 4 aromatic rings. The highest BCUT2D eigenvalue weighted by Gasteiger charge is 2.19. The Hall–Kier alpha value is -3.68. The van der Waals surface area contributed by atoms with Crippen molar-refractivity contribution in [3.63, 3.8) is 0 Å². The maximum atomic E-state index is 4.59. The fourth-order valence-electron chi connectivity index (χ4n) is 3.59. The monoisotopic (exact) mass is 386 g/mol. The minimum Gasteiger partial charge on any atom is -0.363 e. The number of aromatic amines is 1. The average Bonchev–Trinajstić information content (AvgIpc) is 3.22. The third kappa shape index (κ3) is 3.82. The van der Waals surface area contributed by atoms with Gasteiger partial charge >= 0.3 is 0 Å². The highest BCUT2D eigenvalue weighted by Crippen LogP contribution is 2.19. The normalized spacial score (nSPS) is 14.3. The van der Waals surface area contributed by atoms with E-state index in [0.717, 1.165) is 60.5 Å². The summed E-state index contributed by atoms with van der Waals surface area (Å²) in [5, 5.41) is 3.34. The molecular formula is C21H22N8. The first-order valence-electron chi connectivity index (χ1n) is 9.76. The van der Waals surface area contributed by atoms with Crippen LogP contribution >= 0.6 is 0 Å². The number of anilines is 3. The van der Waals surface area contributed by atoms with Crippen LogP contribution in [0, 0.1) is 0 Å². The Morgan fingerprint density at radius 3 is 2.45 bits per heavy atom. The summed E-state index contributed by atoms with van der Waals surface area (Å²) in [6.45, 7) is 4.22. The Morgan fingerprint density at radius 1 is 0.862 bits per heavy atom. The third-order valence-electron chi connectivity index (χ3n) is 5.10. The SMILES string of the molecule is c1ccc(N2CCN(c3cc(NCc4nc5ccccc5[nH]4)ncn3)CC2)nc1. The van der Waals surface area contributed by atoms with Gasteiger partial charge in [0.25, 0.3) is 0 Å². The topological polar surface area (TPSA) is 85.9 Å². The van der Waals surface area contributed by atoms with Gasteiger partial charge in [-0.15, -0.1) is 0 Å². The number of pyridine rings is 1. The molecule has 146 valence electrons. The molecule has 5 rings (SSSR count). The lowest BCUT2D eigenvalue weighted by molar-refractivity contribution is 0.641. The Bertz CT molecular complexity index is 1050. The molecule has 0 spiro atoms. The fraction of sp³-hybridized carbons (Fsp3) is 0.238. The number of hydrogen-bond donors (Lipinski definition) is 2. The molecule has 8 nitrogen and oxygen atoms in total. The van der Waals surface area contributed by atoms with Gasteiger partial charge < -0.3 is 20.1 Å². The van der Waals surface area contributed by atoms with E-state index in [4.69, 9.17) is 0 Å². The van der Waals surface area contributed by atoms with E-state index in [9.17, 15) is 0 Å². The number of hydrogen-bond acceptors (Lipinski definition) is 7. The molecule has 4 heterocycles. The van der Waals surface area contributed by atoms with E-state index < -0.39 is 0 Å². The number of rotatable bonds is 5. The summed E-state index contributed by atoms with van der Waals surface area (Å²) in [4.78, 5) is 25.8. The van der Waals surface area contributed by atoms with Crippen LogP contribution in [0.5, 0.6) is 0 Å². The van der Waals surface area contributed by atoms with Crippen molar-refractivity contribution in [2.75, 3.05) is 41.3 Å². The van der Waals surface area contributed by atoms with Crippen LogP contribution in [-0.4, -0.2) is 51.1 Å². The van der Waals surface area contributed by atoms with Gasteiger partial charge in [-0.3, -0.25) is 0 Å². The van der Waals surface area contributed by atoms with E-state index in [1.807, 2.05) is 48.7 Å². The van der Waals surface area contributed by atoms with Crippen molar-refractivity contribution in [1.29, 1.82) is 0 Å². The number of fused-ring (bicyclic) bond motifs is 1. The zero-order valence-electron chi connectivity index (χ0n) is 16.0. The lowest BCUT2D eigenvalue weighted by Gasteiger charge is -2.36. The van der Waals surface area contributed by atoms with Gasteiger partial charge in [0.05, 0.1) is 17.6 Å². The number of para-hydroxylation sites is 2. The average molecular weight is 386 g/mol. The number of nitrogens with zero attached hydrogens (tertiary/aromatic N) is 6. The van der Waals surface area contributed by atoms with Crippen molar-refractivity contribution in [3.8, 4) is 0 Å². The van der Waals surface area contributed by atoms with Crippen LogP contribution < -0.4 is 15.1 Å². The van der Waals surface area contributed by atoms with Crippen molar-refractivity contribution in [2.45, 2.75) is 6.54 Å². The first-order valence-corrected chi connectivity index (χ1v) is 9.76. The van der Waals surface area contributed by atoms with E-state index in [-0.39, 0.29) is 0 Å². The molecule has 0 saturated carbocycles. The van der Waals surface area contributed by atoms with Crippen molar-refractivity contribution >= 4 is 28.5 Å². The van der Waals surface area contributed by atoms with Crippen molar-refractivity contribution in [3.05, 3.63) is 66.9 Å². The van der Waals surface area contributed by atoms with Gasteiger partial charge in [-0.25, -0.2) is 19.9 Å². The van der Waals surface area contributed by atoms with Gasteiger partial charge in [0.1, 0.15) is 29.6 Å². The molecule has 1 fully saturated rings. The predicted octanol–water partition coefficient (Wildman–Crippen LogP) is 2.69. The lowest BCUT2D eigenvalue weighted by Crippen LogP contribution is -2.47. The highest BCUT2D eigenvalue weighted by atomic mass is 15.3. The highest BCUT2D eigenvalue weighted by molar-refractivity contribution is 5.74. The summed E-state index contributed by atoms with van der Waals surface area (Å²) < 4.78 is 0. The van der Waals surface area contributed by atoms with Crippen LogP contribution in [0.2, 0.25) is 0 Å². The maximum absolute atomic E-state index is 4.59. The van der Waals surface area contributed by atoms with E-state index in [2.05, 4.69) is 46.1 Å². The van der Waals surface area contributed by atoms with Gasteiger partial charge in [0, 0.05) is 38.4 Å². The van der Waals surface area contributed by atoms with E-state index in [1.165, 1.54) is 0 Å². The Kier molecular flexibility index (Phi) is 4.65. The molecule has 0 atom stereocenters. The second-order valence-corrected chi connectivity index (χ2v) is 6.98. The summed E-state index contributed by atoms with van der Waals surface area (Å²) in [5.41, 5.74) is 2.01. The molecule has 29 heavy (non-hydrogen) atoms. The van der Waals surface area contributed by atoms with E-state index in [0.29, 0.717) is 6.54 Å². The first kappa shape index (κ1) is 17.4. The molecule has 3 aromatic heterocycles. The van der Waals surface area contributed by atoms with E-state index >= 15 is 0 Å². The summed E-state index contributed by atoms with van der Waals surface area (Å²) in [6.07, 6.45) is 3.45. The zero-order valence-corrected chi connectivity index (χ0v) is 16.0. The van der Waals surface area contributed by atoms with Crippen molar-refractivity contribution in [2.24, 2.45) is 0 Å². The molecule has 1 saturated heterocycles. The van der Waals surface area contributed by atoms with Gasteiger partial charge in [0.15, 0.2) is 0 Å². The van der Waals surface area contributed by atoms with Crippen molar-refractivity contribution < 1.29 is 0 Å². The fourth-order valence-corrected chi connectivity index (χ4v) is 3.59. The van der Waals surface area contributed by atoms with Crippen LogP contribution in [0.3, 0.4) is 0 Å². The number of H-pyrrole nitrogens is 1. The Morgan fingerprint density at radius 2 is 1.66 bits per heavy atom. The van der Waals surface area contributed by atoms with Crippen LogP contribution in [0.1, 0.15) is 5.82 Å². The summed E-state index contributed by atoms with van der Waals surface area (Å²) in [5.74, 6) is 3.65. The van der Waals surface area contributed by atoms with E-state index in [1.54, 1.807) is 6.33 Å². The second kappa shape index (κ2) is 7.75. The predicted molar refractivity (Wildman–Crippen MR) is 114 cm³/mol. The third-order valence-corrected chi connectivity index (χ3v) is 5.10. The van der Waals surface area contributed by atoms with Crippen molar-refractivity contribution in [1.82, 2.24) is 24.9 Å². The molecule has 8 heteroatoms.